The molecule has 1 saturated heterocycles. The molecule has 0 spiro atoms. The average molecular weight is 643 g/mol. The molecule has 6 rings (SSSR count). The molecule has 0 unspecified atom stereocenters. The number of carbonyl (C=O) groups excluding carboxylic acids is 1. The number of benzene rings is 2. The van der Waals surface area contributed by atoms with Gasteiger partial charge in [-0.15, -0.1) is 0 Å². The number of aliphatic hydroxyl groups is 2. The van der Waals surface area contributed by atoms with Crippen LogP contribution in [0.3, 0.4) is 0 Å². The number of imidazole rings is 1. The molecule has 47 heavy (non-hydrogen) atoms. The number of nitrogens with zero attached hydrogens (tertiary/aromatic N) is 6. The van der Waals surface area contributed by atoms with Crippen LogP contribution in [-0.2, 0) is 20.7 Å². The number of rotatable bonds is 14. The van der Waals surface area contributed by atoms with Crippen molar-refractivity contribution in [1.82, 2.24) is 29.7 Å². The first kappa shape index (κ1) is 32.0. The smallest absolute Gasteiger partial charge is 0.293 e. The fourth-order valence-corrected chi connectivity index (χ4v) is 5.69. The fraction of sp³-hybridized carbons (Fsp3) is 0.394. The molecular formula is C33H38N8O6. The molecule has 0 saturated carbocycles. The summed E-state index contributed by atoms with van der Waals surface area (Å²) in [4.78, 5) is 30.0. The average Bonchev–Trinajstić information content (AvgIpc) is 3.82. The number of hydrogen-bond donors (Lipinski definition) is 4. The Morgan fingerprint density at radius 3 is 2.34 bits per heavy atom. The Labute approximate surface area is 271 Å². The van der Waals surface area contributed by atoms with Crippen LogP contribution in [0.25, 0.3) is 11.2 Å². The highest BCUT2D eigenvalue weighted by molar-refractivity contribution is 5.84. The van der Waals surface area contributed by atoms with E-state index < -0.39 is 24.5 Å². The van der Waals surface area contributed by atoms with Crippen LogP contribution in [0.15, 0.2) is 71.5 Å². The predicted octanol–water partition coefficient (Wildman–Crippen LogP) is 3.62. The number of aromatic nitrogens is 6. The van der Waals surface area contributed by atoms with Gasteiger partial charge in [0.15, 0.2) is 41.2 Å². The van der Waals surface area contributed by atoms with Crippen molar-refractivity contribution < 1.29 is 29.0 Å². The van der Waals surface area contributed by atoms with Crippen LogP contribution in [-0.4, -0.2) is 77.7 Å². The SMILES string of the molecule is CCc1noc([C@H]2O[C@@H](n3cnc4c(NCC(c5ccccc5)c5ccccc5)nc(N[C@H](CO)C(C)C)nc43)[C@H](OC=O)[C@@H]2O)n1. The van der Waals surface area contributed by atoms with Crippen molar-refractivity contribution in [2.45, 2.75) is 63.7 Å². The highest BCUT2D eigenvalue weighted by Crippen LogP contribution is 2.41. The molecule has 5 aromatic rings. The van der Waals surface area contributed by atoms with E-state index in [0.717, 1.165) is 11.1 Å². The lowest BCUT2D eigenvalue weighted by atomic mass is 9.91. The molecule has 1 aliphatic rings. The number of aliphatic hydroxyl groups excluding tert-OH is 2. The van der Waals surface area contributed by atoms with Gasteiger partial charge in [-0.3, -0.25) is 9.36 Å². The molecule has 1 fully saturated rings. The molecule has 246 valence electrons. The van der Waals surface area contributed by atoms with Crippen LogP contribution in [0.1, 0.15) is 61.9 Å². The Hall–Kier alpha value is -4.92. The van der Waals surface area contributed by atoms with E-state index in [1.807, 2.05) is 57.2 Å². The first-order valence-corrected chi connectivity index (χ1v) is 15.6. The summed E-state index contributed by atoms with van der Waals surface area (Å²) in [7, 11) is 0. The van der Waals surface area contributed by atoms with Crippen molar-refractivity contribution >= 4 is 29.4 Å². The Bertz CT molecular complexity index is 1730. The number of aryl methyl sites for hydroxylation is 1. The lowest BCUT2D eigenvalue weighted by molar-refractivity contribution is -0.142. The minimum Gasteiger partial charge on any atom is -0.457 e. The van der Waals surface area contributed by atoms with Crippen LogP contribution in [0.5, 0.6) is 0 Å². The molecule has 14 heteroatoms. The maximum Gasteiger partial charge on any atom is 0.293 e. The maximum atomic E-state index is 11.6. The van der Waals surface area contributed by atoms with Gasteiger partial charge in [-0.25, -0.2) is 4.98 Å². The first-order valence-electron chi connectivity index (χ1n) is 15.6. The van der Waals surface area contributed by atoms with Gasteiger partial charge in [-0.05, 0) is 17.0 Å². The van der Waals surface area contributed by atoms with Crippen LogP contribution >= 0.6 is 0 Å². The first-order chi connectivity index (χ1) is 22.9. The topological polar surface area (TPSA) is 183 Å². The molecule has 4 N–H and O–H groups in total. The van der Waals surface area contributed by atoms with Crippen LogP contribution in [0, 0.1) is 5.92 Å². The zero-order valence-electron chi connectivity index (χ0n) is 26.3. The van der Waals surface area contributed by atoms with E-state index in [9.17, 15) is 15.0 Å². The molecule has 4 heterocycles. The van der Waals surface area contributed by atoms with E-state index >= 15 is 0 Å². The van der Waals surface area contributed by atoms with Crippen molar-refractivity contribution in [2.75, 3.05) is 23.8 Å². The summed E-state index contributed by atoms with van der Waals surface area (Å²) in [6, 6.07) is 20.0. The van der Waals surface area contributed by atoms with Gasteiger partial charge >= 0.3 is 0 Å². The summed E-state index contributed by atoms with van der Waals surface area (Å²) in [6.45, 7) is 6.44. The summed E-state index contributed by atoms with van der Waals surface area (Å²) in [5, 5.41) is 31.9. The van der Waals surface area contributed by atoms with Gasteiger partial charge in [-0.2, -0.15) is 15.0 Å². The van der Waals surface area contributed by atoms with Gasteiger partial charge < -0.3 is 34.8 Å². The number of nitrogens with one attached hydrogen (secondary N) is 2. The van der Waals surface area contributed by atoms with E-state index in [0.29, 0.717) is 35.8 Å². The normalized spacial score (nSPS) is 20.1. The lowest BCUT2D eigenvalue weighted by Gasteiger charge is -2.22. The van der Waals surface area contributed by atoms with E-state index in [4.69, 9.17) is 24.0 Å². The molecule has 14 nitrogen and oxygen atoms in total. The fourth-order valence-electron chi connectivity index (χ4n) is 5.69. The van der Waals surface area contributed by atoms with Gasteiger partial charge in [0.25, 0.3) is 12.4 Å². The van der Waals surface area contributed by atoms with Crippen molar-refractivity contribution in [2.24, 2.45) is 5.92 Å². The minimum atomic E-state index is -1.32. The molecule has 5 atom stereocenters. The van der Waals surface area contributed by atoms with Gasteiger partial charge in [0.2, 0.25) is 5.95 Å². The summed E-state index contributed by atoms with van der Waals surface area (Å²) < 4.78 is 18.5. The molecule has 2 aromatic carbocycles. The second kappa shape index (κ2) is 14.2. The Morgan fingerprint density at radius 1 is 1.04 bits per heavy atom. The second-order valence-corrected chi connectivity index (χ2v) is 11.7. The summed E-state index contributed by atoms with van der Waals surface area (Å²) in [5.74, 6) is 1.27. The minimum absolute atomic E-state index is 0.0105. The van der Waals surface area contributed by atoms with Crippen LogP contribution in [0.2, 0.25) is 0 Å². The molecule has 0 amide bonds. The maximum absolute atomic E-state index is 11.6. The van der Waals surface area contributed by atoms with Gasteiger partial charge in [0.1, 0.15) is 6.10 Å². The number of hydrogen-bond acceptors (Lipinski definition) is 13. The number of ether oxygens (including phenoxy) is 2. The quantitative estimate of drug-likeness (QED) is 0.129. The summed E-state index contributed by atoms with van der Waals surface area (Å²) in [6.07, 6.45) is -2.54. The third-order valence-electron chi connectivity index (χ3n) is 8.36. The van der Waals surface area contributed by atoms with E-state index in [1.165, 1.54) is 6.33 Å². The molecule has 3 aromatic heterocycles. The summed E-state index contributed by atoms with van der Waals surface area (Å²) in [5.41, 5.74) is 3.03. The van der Waals surface area contributed by atoms with Crippen molar-refractivity contribution in [1.29, 1.82) is 0 Å². The lowest BCUT2D eigenvalue weighted by Crippen LogP contribution is -2.32. The van der Waals surface area contributed by atoms with Gasteiger partial charge in [0, 0.05) is 18.9 Å². The van der Waals surface area contributed by atoms with Crippen molar-refractivity contribution in [3.05, 3.63) is 89.8 Å². The third kappa shape index (κ3) is 6.66. The molecule has 0 aliphatic carbocycles. The van der Waals surface area contributed by atoms with Crippen molar-refractivity contribution in [3.63, 3.8) is 0 Å². The van der Waals surface area contributed by atoms with Gasteiger partial charge in [-0.1, -0.05) is 86.6 Å². The standard InChI is InChI=1S/C33H38N8O6/c1-4-24-37-31(47-40-24)27-26(44)28(45-18-43)32(46-27)41-17-35-25-29(38-33(39-30(25)41)36-23(16-42)19(2)3)34-15-22(20-11-7-5-8-12-20)21-13-9-6-10-14-21/h5-14,17-19,22-23,26-28,32,42,44H,4,15-16H2,1-3H3,(H2,34,36,38,39)/t23-,26-,27+,28-,32-/m1/s1. The zero-order valence-corrected chi connectivity index (χ0v) is 26.3. The van der Waals surface area contributed by atoms with E-state index in [1.54, 1.807) is 4.57 Å². The second-order valence-electron chi connectivity index (χ2n) is 11.7. The molecule has 0 bridgehead atoms. The van der Waals surface area contributed by atoms with Crippen molar-refractivity contribution in [3.8, 4) is 0 Å². The van der Waals surface area contributed by atoms with Crippen LogP contribution in [0.4, 0.5) is 11.8 Å². The molecule has 1 aliphatic heterocycles. The largest absolute Gasteiger partial charge is 0.457 e. The Balaban J connectivity index is 1.39. The number of fused-ring (bicyclic) bond motifs is 1. The highest BCUT2D eigenvalue weighted by Gasteiger charge is 2.50. The Morgan fingerprint density at radius 2 is 1.74 bits per heavy atom. The predicted molar refractivity (Wildman–Crippen MR) is 171 cm³/mol. The number of anilines is 2. The van der Waals surface area contributed by atoms with E-state index in [-0.39, 0.29) is 42.8 Å². The summed E-state index contributed by atoms with van der Waals surface area (Å²) >= 11 is 0. The van der Waals surface area contributed by atoms with Gasteiger partial charge in [0.05, 0.1) is 19.0 Å². The highest BCUT2D eigenvalue weighted by atomic mass is 16.6. The number of carbonyl (C=O) groups is 1. The molecular weight excluding hydrogens is 604 g/mol. The zero-order chi connectivity index (χ0) is 32.9. The monoisotopic (exact) mass is 642 g/mol. The molecule has 0 radical (unpaired) electrons. The third-order valence-corrected chi connectivity index (χ3v) is 8.36. The van der Waals surface area contributed by atoms with E-state index in [2.05, 4.69) is 50.0 Å². The van der Waals surface area contributed by atoms with Crippen LogP contribution < -0.4 is 10.6 Å². The Kier molecular flexibility index (Phi) is 9.71.